The van der Waals surface area contributed by atoms with Crippen LogP contribution in [0.5, 0.6) is 5.75 Å². The molecule has 160 valence electrons. The van der Waals surface area contributed by atoms with E-state index in [2.05, 4.69) is 0 Å². The Balaban J connectivity index is 2.00. The van der Waals surface area contributed by atoms with E-state index in [1.54, 1.807) is 42.5 Å². The summed E-state index contributed by atoms with van der Waals surface area (Å²) in [6, 6.07) is 17.1. The molecule has 0 bridgehead atoms. The van der Waals surface area contributed by atoms with Gasteiger partial charge < -0.3 is 5.11 Å². The third-order valence-corrected chi connectivity index (χ3v) is 6.53. The number of benzene rings is 3. The van der Waals surface area contributed by atoms with Crippen molar-refractivity contribution in [1.82, 2.24) is 4.57 Å². The first kappa shape index (κ1) is 20.3. The number of rotatable bonds is 2. The van der Waals surface area contributed by atoms with E-state index >= 15 is 0 Å². The molecule has 0 unspecified atom stereocenters. The molecule has 3 aromatic carbocycles. The summed E-state index contributed by atoms with van der Waals surface area (Å²) >= 11 is 1.47. The molecule has 5 rings (SSSR count). The van der Waals surface area contributed by atoms with Crippen molar-refractivity contribution < 1.29 is 23.1 Å². The lowest BCUT2D eigenvalue weighted by Gasteiger charge is -2.16. The van der Waals surface area contributed by atoms with Gasteiger partial charge >= 0.3 is 6.18 Å². The molecule has 0 aliphatic heterocycles. The van der Waals surface area contributed by atoms with Crippen molar-refractivity contribution in [2.75, 3.05) is 0 Å². The zero-order valence-electron chi connectivity index (χ0n) is 16.5. The standard InChI is InChI=1S/C24H14F3NO3S/c1-12-7-8-18-14(9-12)15-10-16-17(11-19(15)32-18)28(13-5-3-2-4-6-13)23(31)20(21(16)29)22(30)24(25,26)27/h2-11,29H,1H3. The molecule has 0 spiro atoms. The predicted molar refractivity (Wildman–Crippen MR) is 119 cm³/mol. The van der Waals surface area contributed by atoms with Crippen LogP contribution in [0.15, 0.2) is 65.5 Å². The van der Waals surface area contributed by atoms with Crippen LogP contribution in [0.4, 0.5) is 13.2 Å². The maximum Gasteiger partial charge on any atom is 0.455 e. The van der Waals surface area contributed by atoms with Gasteiger partial charge in [-0.3, -0.25) is 14.2 Å². The van der Waals surface area contributed by atoms with Gasteiger partial charge in [0.05, 0.1) is 5.52 Å². The predicted octanol–water partition coefficient (Wildman–Crippen LogP) is 6.12. The van der Waals surface area contributed by atoms with Crippen LogP contribution in [0.1, 0.15) is 15.9 Å². The number of fused-ring (bicyclic) bond motifs is 4. The fourth-order valence-electron chi connectivity index (χ4n) is 3.94. The van der Waals surface area contributed by atoms with E-state index in [4.69, 9.17) is 0 Å². The van der Waals surface area contributed by atoms with E-state index < -0.39 is 28.8 Å². The fourth-order valence-corrected chi connectivity index (χ4v) is 5.04. The van der Waals surface area contributed by atoms with Gasteiger partial charge in [0.2, 0.25) is 0 Å². The number of pyridine rings is 1. The molecule has 4 nitrogen and oxygen atoms in total. The average Bonchev–Trinajstić information content (AvgIpc) is 3.09. The van der Waals surface area contributed by atoms with E-state index in [0.29, 0.717) is 0 Å². The molecule has 0 fully saturated rings. The molecule has 0 saturated carbocycles. The van der Waals surface area contributed by atoms with E-state index in [9.17, 15) is 27.9 Å². The second-order valence-corrected chi connectivity index (χ2v) is 8.58. The Morgan fingerprint density at radius 1 is 0.938 bits per heavy atom. The number of ketones is 1. The summed E-state index contributed by atoms with van der Waals surface area (Å²) in [6.45, 7) is 1.93. The van der Waals surface area contributed by atoms with E-state index in [-0.39, 0.29) is 16.6 Å². The third kappa shape index (κ3) is 2.98. The summed E-state index contributed by atoms with van der Waals surface area (Å²) in [5.41, 5.74) is -1.00. The molecule has 8 heteroatoms. The molecule has 0 atom stereocenters. The van der Waals surface area contributed by atoms with Gasteiger partial charge in [0.1, 0.15) is 11.3 Å². The molecule has 0 amide bonds. The summed E-state index contributed by atoms with van der Waals surface area (Å²) in [4.78, 5) is 25.2. The van der Waals surface area contributed by atoms with Crippen LogP contribution in [0, 0.1) is 6.92 Å². The Hall–Kier alpha value is -3.65. The molecule has 0 saturated heterocycles. The highest BCUT2D eigenvalue weighted by Gasteiger charge is 2.43. The number of aromatic hydroxyl groups is 1. The second-order valence-electron chi connectivity index (χ2n) is 7.49. The zero-order chi connectivity index (χ0) is 22.8. The van der Waals surface area contributed by atoms with Crippen molar-refractivity contribution in [3.8, 4) is 11.4 Å². The van der Waals surface area contributed by atoms with Gasteiger partial charge in [-0.15, -0.1) is 11.3 Å². The van der Waals surface area contributed by atoms with Crippen molar-refractivity contribution >= 4 is 48.2 Å². The van der Waals surface area contributed by atoms with Crippen LogP contribution >= 0.6 is 11.3 Å². The maximum atomic E-state index is 13.3. The molecule has 5 aromatic rings. The number of carbonyl (C=O) groups is 1. The molecular formula is C24H14F3NO3S. The number of thiophene rings is 1. The molecule has 0 aliphatic carbocycles. The normalized spacial score (nSPS) is 12.1. The summed E-state index contributed by atoms with van der Waals surface area (Å²) < 4.78 is 42.6. The topological polar surface area (TPSA) is 59.3 Å². The molecule has 32 heavy (non-hydrogen) atoms. The molecule has 0 aliphatic rings. The van der Waals surface area contributed by atoms with Crippen LogP contribution in [-0.4, -0.2) is 21.6 Å². The van der Waals surface area contributed by atoms with Gasteiger partial charge in [0.15, 0.2) is 0 Å². The van der Waals surface area contributed by atoms with Crippen LogP contribution in [-0.2, 0) is 0 Å². The number of hydrogen-bond acceptors (Lipinski definition) is 4. The van der Waals surface area contributed by atoms with Crippen LogP contribution < -0.4 is 5.56 Å². The molecular weight excluding hydrogens is 439 g/mol. The summed E-state index contributed by atoms with van der Waals surface area (Å²) in [5.74, 6) is -3.34. The average molecular weight is 453 g/mol. The Bertz CT molecular complexity index is 1620. The molecule has 2 heterocycles. The number of alkyl halides is 3. The SMILES string of the molecule is Cc1ccc2sc3cc4c(cc3c2c1)c(O)c(C(=O)C(F)(F)F)c(=O)n4-c1ccccc1. The van der Waals surface area contributed by atoms with Gasteiger partial charge in [-0.2, -0.15) is 13.2 Å². The minimum Gasteiger partial charge on any atom is -0.506 e. The Morgan fingerprint density at radius 3 is 2.31 bits per heavy atom. The number of aryl methyl sites for hydroxylation is 1. The van der Waals surface area contributed by atoms with Gasteiger partial charge in [-0.05, 0) is 43.3 Å². The van der Waals surface area contributed by atoms with Gasteiger partial charge in [0, 0.05) is 31.2 Å². The van der Waals surface area contributed by atoms with Gasteiger partial charge in [-0.1, -0.05) is 29.8 Å². The second kappa shape index (κ2) is 6.93. The Labute approximate surface area is 182 Å². The monoisotopic (exact) mass is 453 g/mol. The van der Waals surface area contributed by atoms with Crippen molar-refractivity contribution in [3.05, 3.63) is 82.1 Å². The molecule has 0 radical (unpaired) electrons. The smallest absolute Gasteiger partial charge is 0.455 e. The number of carbonyl (C=O) groups excluding carboxylic acids is 1. The van der Waals surface area contributed by atoms with E-state index in [1.807, 2.05) is 25.1 Å². The number of nitrogens with zero attached hydrogens (tertiary/aromatic N) is 1. The maximum absolute atomic E-state index is 13.3. The van der Waals surface area contributed by atoms with Crippen LogP contribution in [0.25, 0.3) is 36.8 Å². The number of hydrogen-bond donors (Lipinski definition) is 1. The van der Waals surface area contributed by atoms with Crippen molar-refractivity contribution in [1.29, 1.82) is 0 Å². The summed E-state index contributed by atoms with van der Waals surface area (Å²) in [6.07, 6.45) is -5.31. The largest absolute Gasteiger partial charge is 0.506 e. The lowest BCUT2D eigenvalue weighted by atomic mass is 10.0. The minimum atomic E-state index is -5.31. The van der Waals surface area contributed by atoms with E-state index in [0.717, 1.165) is 30.3 Å². The number of aromatic nitrogens is 1. The number of Topliss-reactive ketones (excluding diaryl/α,β-unsaturated/α-hetero) is 1. The lowest BCUT2D eigenvalue weighted by Crippen LogP contribution is -2.32. The highest BCUT2D eigenvalue weighted by molar-refractivity contribution is 7.25. The fraction of sp³-hybridized carbons (Fsp3) is 0.0833. The molecule has 1 N–H and O–H groups in total. The number of halogens is 3. The minimum absolute atomic E-state index is 0.00485. The van der Waals surface area contributed by atoms with Crippen molar-refractivity contribution in [3.63, 3.8) is 0 Å². The highest BCUT2D eigenvalue weighted by atomic mass is 32.1. The van der Waals surface area contributed by atoms with E-state index in [1.165, 1.54) is 11.3 Å². The first-order chi connectivity index (χ1) is 15.2. The quantitative estimate of drug-likeness (QED) is 0.328. The van der Waals surface area contributed by atoms with Gasteiger partial charge in [0.25, 0.3) is 11.3 Å². The zero-order valence-corrected chi connectivity index (χ0v) is 17.3. The Morgan fingerprint density at radius 2 is 1.62 bits per heavy atom. The lowest BCUT2D eigenvalue weighted by molar-refractivity contribution is -0.0887. The first-order valence-electron chi connectivity index (χ1n) is 9.58. The third-order valence-electron chi connectivity index (χ3n) is 5.39. The van der Waals surface area contributed by atoms with Crippen LogP contribution in [0.2, 0.25) is 0 Å². The van der Waals surface area contributed by atoms with Gasteiger partial charge in [-0.25, -0.2) is 0 Å². The number of para-hydroxylation sites is 1. The van der Waals surface area contributed by atoms with Crippen LogP contribution in [0.3, 0.4) is 0 Å². The van der Waals surface area contributed by atoms with Crippen molar-refractivity contribution in [2.45, 2.75) is 13.1 Å². The molecule has 2 aromatic heterocycles. The summed E-state index contributed by atoms with van der Waals surface area (Å²) in [7, 11) is 0. The highest BCUT2D eigenvalue weighted by Crippen LogP contribution is 2.40. The Kier molecular flexibility index (Phi) is 4.39. The summed E-state index contributed by atoms with van der Waals surface area (Å²) in [5, 5.41) is 12.3. The van der Waals surface area contributed by atoms with Crippen molar-refractivity contribution in [2.24, 2.45) is 0 Å². The first-order valence-corrected chi connectivity index (χ1v) is 10.4.